The lowest BCUT2D eigenvalue weighted by Gasteiger charge is -2.34. The number of esters is 1. The van der Waals surface area contributed by atoms with Crippen LogP contribution in [-0.4, -0.2) is 42.0 Å². The van der Waals surface area contributed by atoms with E-state index in [1.54, 1.807) is 58.1 Å². The molecule has 1 aliphatic heterocycles. The van der Waals surface area contributed by atoms with Crippen molar-refractivity contribution in [1.29, 1.82) is 0 Å². The summed E-state index contributed by atoms with van der Waals surface area (Å²) in [6, 6.07) is 6.72. The van der Waals surface area contributed by atoms with Gasteiger partial charge in [-0.25, -0.2) is 4.79 Å². The van der Waals surface area contributed by atoms with Crippen LogP contribution in [0.2, 0.25) is 0 Å². The molecule has 0 amide bonds. The molecule has 6 nitrogen and oxygen atoms in total. The van der Waals surface area contributed by atoms with Crippen LogP contribution in [-0.2, 0) is 29.4 Å². The Labute approximate surface area is 239 Å². The van der Waals surface area contributed by atoms with Crippen molar-refractivity contribution < 1.29 is 42.1 Å². The van der Waals surface area contributed by atoms with Gasteiger partial charge < -0.3 is 19.3 Å². The van der Waals surface area contributed by atoms with E-state index in [2.05, 4.69) is 0 Å². The summed E-state index contributed by atoms with van der Waals surface area (Å²) < 4.78 is 58.6. The molecule has 1 heterocycles. The average molecular weight is 577 g/mol. The predicted molar refractivity (Wildman–Crippen MR) is 150 cm³/mol. The summed E-state index contributed by atoms with van der Waals surface area (Å²) in [5.74, 6) is -3.94. The smallest absolute Gasteiger partial charge is 0.432 e. The molecule has 0 saturated carbocycles. The first-order chi connectivity index (χ1) is 19.1. The second kappa shape index (κ2) is 14.0. The normalized spacial score (nSPS) is 21.8. The van der Waals surface area contributed by atoms with Crippen molar-refractivity contribution in [3.63, 3.8) is 0 Å². The van der Waals surface area contributed by atoms with Crippen LogP contribution in [0.4, 0.5) is 13.2 Å². The van der Waals surface area contributed by atoms with E-state index in [4.69, 9.17) is 14.2 Å². The van der Waals surface area contributed by atoms with Crippen LogP contribution in [0, 0.1) is 5.92 Å². The molecule has 0 aromatic heterocycles. The summed E-state index contributed by atoms with van der Waals surface area (Å²) in [6.07, 6.45) is 5.94. The van der Waals surface area contributed by atoms with Crippen LogP contribution in [0.1, 0.15) is 59.9 Å². The molecule has 0 spiro atoms. The van der Waals surface area contributed by atoms with Crippen molar-refractivity contribution in [3.8, 4) is 0 Å². The number of ether oxygens (including phenoxy) is 3. The van der Waals surface area contributed by atoms with E-state index in [9.17, 15) is 27.9 Å². The SMILES string of the molecule is C/C=C(\C)[C@H](OC(=O)[C@@](OC)(c1ccccc1)C(F)(F)F)[C@H](C)/C=C/C=C(\C)CC/C=C/C1=C(C)C(=O)C(C)(O)O1. The number of Topliss-reactive ketones (excluding diaryl/α,β-unsaturated/α-hetero) is 1. The highest BCUT2D eigenvalue weighted by Gasteiger charge is 2.64. The zero-order valence-corrected chi connectivity index (χ0v) is 24.5. The topological polar surface area (TPSA) is 82.1 Å². The third-order valence-electron chi connectivity index (χ3n) is 7.00. The van der Waals surface area contributed by atoms with Crippen molar-refractivity contribution in [2.24, 2.45) is 5.92 Å². The molecule has 1 aromatic rings. The van der Waals surface area contributed by atoms with Gasteiger partial charge in [0.1, 0.15) is 11.9 Å². The van der Waals surface area contributed by atoms with Crippen LogP contribution in [0.15, 0.2) is 89.3 Å². The summed E-state index contributed by atoms with van der Waals surface area (Å²) in [5.41, 5.74) is -1.65. The number of alkyl halides is 3. The fourth-order valence-corrected chi connectivity index (χ4v) is 4.40. The van der Waals surface area contributed by atoms with Gasteiger partial charge in [-0.05, 0) is 52.2 Å². The molecule has 1 N–H and O–H groups in total. The second-order valence-corrected chi connectivity index (χ2v) is 10.2. The fraction of sp³-hybridized carbons (Fsp3) is 0.438. The van der Waals surface area contributed by atoms with Gasteiger partial charge in [0.2, 0.25) is 5.78 Å². The maximum Gasteiger partial charge on any atom is 0.432 e. The highest BCUT2D eigenvalue weighted by Crippen LogP contribution is 2.43. The van der Waals surface area contributed by atoms with Gasteiger partial charge in [0, 0.05) is 31.1 Å². The van der Waals surface area contributed by atoms with Gasteiger partial charge in [-0.3, -0.25) is 4.79 Å². The first kappa shape index (κ1) is 33.8. The van der Waals surface area contributed by atoms with E-state index in [0.717, 1.165) is 12.7 Å². The first-order valence-corrected chi connectivity index (χ1v) is 13.3. The molecule has 0 saturated heterocycles. The Bertz CT molecular complexity index is 1240. The molecule has 0 fully saturated rings. The van der Waals surface area contributed by atoms with Crippen LogP contribution in [0.25, 0.3) is 0 Å². The summed E-state index contributed by atoms with van der Waals surface area (Å²) in [6.45, 7) is 10.0. The molecular weight excluding hydrogens is 537 g/mol. The minimum Gasteiger partial charge on any atom is -0.455 e. The standard InChI is InChI=1S/C32H39F3O6/c1-8-22(3)27(40-29(37)31(39-7,32(33,34)35)25-18-10-9-11-19-25)23(4)17-14-16-21(2)15-12-13-20-26-24(5)28(36)30(6,38)41-26/h8-11,13-14,16-20,23,27,38H,12,15H2,1-7H3/b17-14+,20-13+,21-16+,22-8+/t23-,27+,30?,31+/m1/s1. The Morgan fingerprint density at radius 3 is 2.34 bits per heavy atom. The number of halogens is 3. The van der Waals surface area contributed by atoms with Gasteiger partial charge >= 0.3 is 12.1 Å². The Morgan fingerprint density at radius 2 is 1.83 bits per heavy atom. The van der Waals surface area contributed by atoms with Gasteiger partial charge in [-0.2, -0.15) is 13.2 Å². The summed E-state index contributed by atoms with van der Waals surface area (Å²) >= 11 is 0. The van der Waals surface area contributed by atoms with Gasteiger partial charge in [0.05, 0.1) is 0 Å². The Balaban J connectivity index is 2.13. The number of ketones is 1. The Kier molecular flexibility index (Phi) is 11.5. The molecule has 1 aliphatic rings. The highest BCUT2D eigenvalue weighted by atomic mass is 19.4. The lowest BCUT2D eigenvalue weighted by Crippen LogP contribution is -2.53. The largest absolute Gasteiger partial charge is 0.455 e. The Hall–Kier alpha value is -3.43. The third kappa shape index (κ3) is 7.86. The molecular formula is C32H39F3O6. The number of rotatable bonds is 12. The van der Waals surface area contributed by atoms with E-state index in [-0.39, 0.29) is 5.56 Å². The molecule has 4 atom stereocenters. The zero-order chi connectivity index (χ0) is 31.0. The number of carbonyl (C=O) groups excluding carboxylic acids is 2. The molecule has 0 radical (unpaired) electrons. The Morgan fingerprint density at radius 1 is 1.20 bits per heavy atom. The molecule has 0 bridgehead atoms. The summed E-state index contributed by atoms with van der Waals surface area (Å²) in [7, 11) is 0.841. The minimum absolute atomic E-state index is 0.338. The van der Waals surface area contributed by atoms with Gasteiger partial charge in [-0.1, -0.05) is 73.2 Å². The molecule has 224 valence electrons. The number of methoxy groups -OCH3 is 1. The zero-order valence-electron chi connectivity index (χ0n) is 24.5. The van der Waals surface area contributed by atoms with Crippen LogP contribution >= 0.6 is 0 Å². The molecule has 1 unspecified atom stereocenters. The molecule has 9 heteroatoms. The number of carbonyl (C=O) groups is 2. The van der Waals surface area contributed by atoms with E-state index in [1.165, 1.54) is 31.2 Å². The van der Waals surface area contributed by atoms with Gasteiger partial charge in [0.25, 0.3) is 11.4 Å². The predicted octanol–water partition coefficient (Wildman–Crippen LogP) is 7.03. The number of aliphatic hydroxyl groups is 1. The van der Waals surface area contributed by atoms with Crippen LogP contribution in [0.3, 0.4) is 0 Å². The maximum absolute atomic E-state index is 14.3. The second-order valence-electron chi connectivity index (χ2n) is 10.2. The quantitative estimate of drug-likeness (QED) is 0.164. The maximum atomic E-state index is 14.3. The number of hydrogen-bond acceptors (Lipinski definition) is 6. The number of allylic oxidation sites excluding steroid dienone is 6. The lowest BCUT2D eigenvalue weighted by atomic mass is 9.91. The fourth-order valence-electron chi connectivity index (χ4n) is 4.40. The van der Waals surface area contributed by atoms with Crippen molar-refractivity contribution >= 4 is 11.8 Å². The number of benzene rings is 1. The highest BCUT2D eigenvalue weighted by molar-refractivity contribution is 6.02. The molecule has 1 aromatic carbocycles. The summed E-state index contributed by atoms with van der Waals surface area (Å²) in [4.78, 5) is 25.1. The van der Waals surface area contributed by atoms with Crippen molar-refractivity contribution in [3.05, 3.63) is 94.8 Å². The van der Waals surface area contributed by atoms with Crippen molar-refractivity contribution in [2.75, 3.05) is 7.11 Å². The van der Waals surface area contributed by atoms with E-state index in [0.29, 0.717) is 29.7 Å². The molecule has 41 heavy (non-hydrogen) atoms. The minimum atomic E-state index is -5.06. The van der Waals surface area contributed by atoms with Gasteiger partial charge in [0.15, 0.2) is 0 Å². The lowest BCUT2D eigenvalue weighted by molar-refractivity contribution is -0.278. The third-order valence-corrected chi connectivity index (χ3v) is 7.00. The monoisotopic (exact) mass is 576 g/mol. The van der Waals surface area contributed by atoms with Gasteiger partial charge in [-0.15, -0.1) is 0 Å². The van der Waals surface area contributed by atoms with E-state index >= 15 is 0 Å². The van der Waals surface area contributed by atoms with E-state index in [1.807, 2.05) is 19.1 Å². The van der Waals surface area contributed by atoms with Crippen LogP contribution < -0.4 is 0 Å². The van der Waals surface area contributed by atoms with Crippen LogP contribution in [0.5, 0.6) is 0 Å². The average Bonchev–Trinajstić information content (AvgIpc) is 3.11. The number of hydrogen-bond donors (Lipinski definition) is 1. The van der Waals surface area contributed by atoms with Crippen molar-refractivity contribution in [2.45, 2.75) is 78.1 Å². The molecule has 2 rings (SSSR count). The first-order valence-electron chi connectivity index (χ1n) is 13.3. The van der Waals surface area contributed by atoms with Crippen molar-refractivity contribution in [1.82, 2.24) is 0 Å². The molecule has 0 aliphatic carbocycles. The van der Waals surface area contributed by atoms with E-state index < -0.39 is 41.3 Å². The summed E-state index contributed by atoms with van der Waals surface area (Å²) in [5, 5.41) is 9.92.